The maximum absolute atomic E-state index is 6.01. The van der Waals surface area contributed by atoms with E-state index >= 15 is 0 Å². The highest BCUT2D eigenvalue weighted by molar-refractivity contribution is 5.26. The van der Waals surface area contributed by atoms with E-state index in [2.05, 4.69) is 36.1 Å². The van der Waals surface area contributed by atoms with E-state index in [1.807, 2.05) is 0 Å². The zero-order chi connectivity index (χ0) is 11.4. The second-order valence-corrected chi connectivity index (χ2v) is 4.76. The van der Waals surface area contributed by atoms with Crippen LogP contribution in [0.4, 0.5) is 0 Å². The standard InChI is InChI=1S/C14H22N2/c1-2-12-6-3-4-7-13(12)10-16-9-5-8-14(15)11-16/h3-4,6-7,14H,2,5,8-11,15H2,1H3/t14-/m0/s1. The first-order chi connectivity index (χ1) is 7.79. The van der Waals surface area contributed by atoms with Crippen molar-refractivity contribution < 1.29 is 0 Å². The topological polar surface area (TPSA) is 29.3 Å². The summed E-state index contributed by atoms with van der Waals surface area (Å²) in [6.07, 6.45) is 3.55. The summed E-state index contributed by atoms with van der Waals surface area (Å²) in [6.45, 7) is 5.54. The molecular formula is C14H22N2. The molecule has 0 unspecified atom stereocenters. The molecule has 0 radical (unpaired) electrons. The summed E-state index contributed by atoms with van der Waals surface area (Å²) >= 11 is 0. The highest BCUT2D eigenvalue weighted by Crippen LogP contribution is 2.16. The number of aryl methyl sites for hydroxylation is 1. The van der Waals surface area contributed by atoms with Crippen LogP contribution in [0.2, 0.25) is 0 Å². The largest absolute Gasteiger partial charge is 0.327 e. The Bertz CT molecular complexity index is 335. The first kappa shape index (κ1) is 11.6. The lowest BCUT2D eigenvalue weighted by atomic mass is 10.0. The molecule has 1 aliphatic heterocycles. The van der Waals surface area contributed by atoms with E-state index in [9.17, 15) is 0 Å². The summed E-state index contributed by atoms with van der Waals surface area (Å²) in [7, 11) is 0. The van der Waals surface area contributed by atoms with Gasteiger partial charge in [0.15, 0.2) is 0 Å². The molecule has 2 N–H and O–H groups in total. The van der Waals surface area contributed by atoms with Crippen LogP contribution < -0.4 is 5.73 Å². The molecular weight excluding hydrogens is 196 g/mol. The predicted octanol–water partition coefficient (Wildman–Crippen LogP) is 2.17. The van der Waals surface area contributed by atoms with Gasteiger partial charge in [0.1, 0.15) is 0 Å². The van der Waals surface area contributed by atoms with Crippen molar-refractivity contribution in [1.82, 2.24) is 4.90 Å². The van der Waals surface area contributed by atoms with E-state index in [-0.39, 0.29) is 0 Å². The molecule has 1 atom stereocenters. The van der Waals surface area contributed by atoms with Gasteiger partial charge in [-0.25, -0.2) is 0 Å². The molecule has 16 heavy (non-hydrogen) atoms. The number of nitrogens with zero attached hydrogens (tertiary/aromatic N) is 1. The van der Waals surface area contributed by atoms with Gasteiger partial charge in [0.05, 0.1) is 0 Å². The van der Waals surface area contributed by atoms with E-state index < -0.39 is 0 Å². The van der Waals surface area contributed by atoms with Gasteiger partial charge in [0.25, 0.3) is 0 Å². The Morgan fingerprint density at radius 3 is 2.75 bits per heavy atom. The lowest BCUT2D eigenvalue weighted by Gasteiger charge is -2.31. The van der Waals surface area contributed by atoms with Gasteiger partial charge in [0.2, 0.25) is 0 Å². The maximum atomic E-state index is 6.01. The van der Waals surface area contributed by atoms with Crippen molar-refractivity contribution in [2.24, 2.45) is 5.73 Å². The van der Waals surface area contributed by atoms with Gasteiger partial charge >= 0.3 is 0 Å². The number of hydrogen-bond acceptors (Lipinski definition) is 2. The second kappa shape index (κ2) is 5.46. The van der Waals surface area contributed by atoms with Crippen LogP contribution in [0.25, 0.3) is 0 Å². The monoisotopic (exact) mass is 218 g/mol. The zero-order valence-electron chi connectivity index (χ0n) is 10.2. The van der Waals surface area contributed by atoms with E-state index in [1.54, 1.807) is 0 Å². The van der Waals surface area contributed by atoms with E-state index in [0.29, 0.717) is 6.04 Å². The van der Waals surface area contributed by atoms with Crippen molar-refractivity contribution in [3.05, 3.63) is 35.4 Å². The molecule has 2 rings (SSSR count). The summed E-state index contributed by atoms with van der Waals surface area (Å²) in [4.78, 5) is 2.49. The highest BCUT2D eigenvalue weighted by atomic mass is 15.1. The Hall–Kier alpha value is -0.860. The van der Waals surface area contributed by atoms with Crippen LogP contribution in [0, 0.1) is 0 Å². The Balaban J connectivity index is 2.02. The molecule has 0 aliphatic carbocycles. The Morgan fingerprint density at radius 1 is 1.31 bits per heavy atom. The summed E-state index contributed by atoms with van der Waals surface area (Å²) < 4.78 is 0. The van der Waals surface area contributed by atoms with Gasteiger partial charge in [-0.3, -0.25) is 4.90 Å². The normalized spacial score (nSPS) is 22.2. The van der Waals surface area contributed by atoms with E-state index in [1.165, 1.54) is 30.5 Å². The molecule has 2 nitrogen and oxygen atoms in total. The first-order valence-electron chi connectivity index (χ1n) is 6.34. The van der Waals surface area contributed by atoms with Crippen LogP contribution in [0.3, 0.4) is 0 Å². The highest BCUT2D eigenvalue weighted by Gasteiger charge is 2.17. The van der Waals surface area contributed by atoms with Crippen LogP contribution in [0.1, 0.15) is 30.9 Å². The third kappa shape index (κ3) is 2.83. The van der Waals surface area contributed by atoms with Gasteiger partial charge in [-0.2, -0.15) is 0 Å². The molecule has 2 heteroatoms. The zero-order valence-corrected chi connectivity index (χ0v) is 10.2. The minimum atomic E-state index is 0.377. The minimum absolute atomic E-state index is 0.377. The Kier molecular flexibility index (Phi) is 3.97. The molecule has 1 aromatic carbocycles. The quantitative estimate of drug-likeness (QED) is 0.842. The molecule has 1 aromatic rings. The van der Waals surface area contributed by atoms with Crippen molar-refractivity contribution in [3.8, 4) is 0 Å². The fraction of sp³-hybridized carbons (Fsp3) is 0.571. The van der Waals surface area contributed by atoms with Crippen LogP contribution in [-0.2, 0) is 13.0 Å². The Morgan fingerprint density at radius 2 is 2.06 bits per heavy atom. The summed E-state index contributed by atoms with van der Waals surface area (Å²) in [5.41, 5.74) is 8.95. The SMILES string of the molecule is CCc1ccccc1CN1CCC[C@H](N)C1. The van der Waals surface area contributed by atoms with Crippen molar-refractivity contribution >= 4 is 0 Å². The van der Waals surface area contributed by atoms with E-state index in [0.717, 1.165) is 19.5 Å². The molecule has 1 fully saturated rings. The van der Waals surface area contributed by atoms with Gasteiger partial charge < -0.3 is 5.73 Å². The molecule has 0 aromatic heterocycles. The van der Waals surface area contributed by atoms with Gasteiger partial charge in [-0.05, 0) is 36.9 Å². The molecule has 0 bridgehead atoms. The average Bonchev–Trinajstić information content (AvgIpc) is 2.30. The number of piperidine rings is 1. The third-order valence-corrected chi connectivity index (χ3v) is 3.44. The molecule has 88 valence electrons. The second-order valence-electron chi connectivity index (χ2n) is 4.76. The smallest absolute Gasteiger partial charge is 0.0237 e. The van der Waals surface area contributed by atoms with Gasteiger partial charge in [-0.15, -0.1) is 0 Å². The van der Waals surface area contributed by atoms with Crippen LogP contribution >= 0.6 is 0 Å². The predicted molar refractivity (Wildman–Crippen MR) is 68.3 cm³/mol. The molecule has 1 aliphatic rings. The van der Waals surface area contributed by atoms with Crippen LogP contribution in [-0.4, -0.2) is 24.0 Å². The fourth-order valence-corrected chi connectivity index (χ4v) is 2.53. The average molecular weight is 218 g/mol. The number of benzene rings is 1. The maximum Gasteiger partial charge on any atom is 0.0237 e. The fourth-order valence-electron chi connectivity index (χ4n) is 2.53. The number of rotatable bonds is 3. The Labute approximate surface area is 98.4 Å². The first-order valence-corrected chi connectivity index (χ1v) is 6.34. The lowest BCUT2D eigenvalue weighted by Crippen LogP contribution is -2.42. The number of hydrogen-bond donors (Lipinski definition) is 1. The third-order valence-electron chi connectivity index (χ3n) is 3.44. The molecule has 0 amide bonds. The summed E-state index contributed by atoms with van der Waals surface area (Å²) in [5.74, 6) is 0. The van der Waals surface area contributed by atoms with Crippen molar-refractivity contribution in [2.75, 3.05) is 13.1 Å². The van der Waals surface area contributed by atoms with Gasteiger partial charge in [0, 0.05) is 19.1 Å². The molecule has 0 saturated carbocycles. The number of nitrogens with two attached hydrogens (primary N) is 1. The molecule has 1 saturated heterocycles. The van der Waals surface area contributed by atoms with Crippen molar-refractivity contribution in [3.63, 3.8) is 0 Å². The van der Waals surface area contributed by atoms with Crippen molar-refractivity contribution in [2.45, 2.75) is 38.8 Å². The van der Waals surface area contributed by atoms with Crippen molar-refractivity contribution in [1.29, 1.82) is 0 Å². The van der Waals surface area contributed by atoms with Crippen LogP contribution in [0.5, 0.6) is 0 Å². The van der Waals surface area contributed by atoms with Gasteiger partial charge in [-0.1, -0.05) is 31.2 Å². The number of likely N-dealkylation sites (tertiary alicyclic amines) is 1. The summed E-state index contributed by atoms with van der Waals surface area (Å²) in [5, 5.41) is 0. The molecule has 0 spiro atoms. The minimum Gasteiger partial charge on any atom is -0.327 e. The molecule has 1 heterocycles. The lowest BCUT2D eigenvalue weighted by molar-refractivity contribution is 0.201. The van der Waals surface area contributed by atoms with Crippen LogP contribution in [0.15, 0.2) is 24.3 Å². The summed E-state index contributed by atoms with van der Waals surface area (Å²) in [6, 6.07) is 9.13. The van der Waals surface area contributed by atoms with E-state index in [4.69, 9.17) is 5.73 Å².